The second-order valence-electron chi connectivity index (χ2n) is 5.88. The van der Waals surface area contributed by atoms with Gasteiger partial charge in [-0.25, -0.2) is 25.2 Å². The monoisotopic (exact) mass is 350 g/mol. The summed E-state index contributed by atoms with van der Waals surface area (Å²) in [5, 5.41) is 1.21. The van der Waals surface area contributed by atoms with Crippen LogP contribution in [0.1, 0.15) is 30.8 Å². The van der Waals surface area contributed by atoms with E-state index in [-0.39, 0.29) is 5.95 Å². The van der Waals surface area contributed by atoms with Crippen molar-refractivity contribution in [2.24, 2.45) is 5.84 Å². The van der Waals surface area contributed by atoms with Gasteiger partial charge in [0, 0.05) is 6.20 Å². The van der Waals surface area contributed by atoms with Gasteiger partial charge in [-0.05, 0) is 43.0 Å². The van der Waals surface area contributed by atoms with Gasteiger partial charge in [0.25, 0.3) is 5.95 Å². The minimum absolute atomic E-state index is 0.120. The maximum absolute atomic E-state index is 12.8. The number of nitrogens with two attached hydrogens (primary N) is 1. The van der Waals surface area contributed by atoms with Crippen LogP contribution < -0.4 is 16.5 Å². The van der Waals surface area contributed by atoms with Crippen molar-refractivity contribution in [3.8, 4) is 5.69 Å². The number of anilines is 2. The average Bonchev–Trinajstić information content (AvgIpc) is 2.67. The molecule has 3 rings (SSSR count). The molecule has 1 aromatic carbocycles. The molecule has 0 spiro atoms. The number of hydrazine groups is 1. The Labute approximate surface area is 152 Å². The first-order valence-electron chi connectivity index (χ1n) is 8.61. The van der Waals surface area contributed by atoms with E-state index in [1.54, 1.807) is 35.9 Å². The van der Waals surface area contributed by atoms with Crippen LogP contribution in [0.15, 0.2) is 47.4 Å². The summed E-state index contributed by atoms with van der Waals surface area (Å²) in [5.74, 6) is 7.17. The third-order valence-electron chi connectivity index (χ3n) is 4.27. The van der Waals surface area contributed by atoms with Crippen LogP contribution in [-0.4, -0.2) is 19.5 Å². The Kier molecular flexibility index (Phi) is 5.09. The van der Waals surface area contributed by atoms with Gasteiger partial charge in [-0.3, -0.25) is 0 Å². The van der Waals surface area contributed by atoms with Gasteiger partial charge in [0.1, 0.15) is 11.6 Å². The standard InChI is InChI=1S/C19H22N6O/c1-4-14-9-8-10-15(5-2)17(14)24-13(3)22-18(23-19(24)26)25(20)16-11-6-7-12-21-16/h6-12H,4-5,20H2,1-3H3. The number of benzene rings is 1. The normalized spacial score (nSPS) is 10.8. The molecule has 0 aliphatic rings. The number of pyridine rings is 1. The summed E-state index contributed by atoms with van der Waals surface area (Å²) >= 11 is 0. The number of para-hydroxylation sites is 1. The second-order valence-corrected chi connectivity index (χ2v) is 5.88. The Morgan fingerprint density at radius 2 is 1.73 bits per heavy atom. The van der Waals surface area contributed by atoms with Gasteiger partial charge in [-0.2, -0.15) is 9.97 Å². The molecule has 0 unspecified atom stereocenters. The average molecular weight is 350 g/mol. The summed E-state index contributed by atoms with van der Waals surface area (Å²) in [5.41, 5.74) is 2.63. The molecule has 0 bridgehead atoms. The van der Waals surface area contributed by atoms with E-state index in [2.05, 4.69) is 28.8 Å². The van der Waals surface area contributed by atoms with Gasteiger partial charge in [0.05, 0.1) is 5.69 Å². The minimum Gasteiger partial charge on any atom is -0.248 e. The molecule has 7 nitrogen and oxygen atoms in total. The smallest absolute Gasteiger partial charge is 0.248 e. The van der Waals surface area contributed by atoms with Crippen molar-refractivity contribution in [3.63, 3.8) is 0 Å². The fourth-order valence-electron chi connectivity index (χ4n) is 2.96. The summed E-state index contributed by atoms with van der Waals surface area (Å²) < 4.78 is 1.56. The summed E-state index contributed by atoms with van der Waals surface area (Å²) in [6.45, 7) is 5.91. The van der Waals surface area contributed by atoms with Gasteiger partial charge >= 0.3 is 5.69 Å². The van der Waals surface area contributed by atoms with E-state index in [9.17, 15) is 4.79 Å². The largest absolute Gasteiger partial charge is 0.356 e. The molecule has 0 aliphatic heterocycles. The van der Waals surface area contributed by atoms with Crippen molar-refractivity contribution >= 4 is 11.8 Å². The number of hydrogen-bond donors (Lipinski definition) is 1. The highest BCUT2D eigenvalue weighted by Crippen LogP contribution is 2.22. The van der Waals surface area contributed by atoms with Gasteiger partial charge in [0.15, 0.2) is 0 Å². The van der Waals surface area contributed by atoms with E-state index in [1.807, 2.05) is 18.2 Å². The number of nitrogens with zero attached hydrogens (tertiary/aromatic N) is 5. The minimum atomic E-state index is -0.408. The van der Waals surface area contributed by atoms with E-state index in [1.165, 1.54) is 5.01 Å². The molecule has 0 amide bonds. The summed E-state index contributed by atoms with van der Waals surface area (Å²) in [4.78, 5) is 25.5. The third-order valence-corrected chi connectivity index (χ3v) is 4.27. The Morgan fingerprint density at radius 3 is 2.27 bits per heavy atom. The van der Waals surface area contributed by atoms with E-state index in [0.717, 1.165) is 29.7 Å². The highest BCUT2D eigenvalue weighted by Gasteiger charge is 2.17. The molecule has 0 saturated carbocycles. The van der Waals surface area contributed by atoms with Crippen molar-refractivity contribution in [2.45, 2.75) is 33.6 Å². The van der Waals surface area contributed by atoms with Crippen LogP contribution in [-0.2, 0) is 12.8 Å². The van der Waals surface area contributed by atoms with Gasteiger partial charge < -0.3 is 0 Å². The predicted molar refractivity (Wildman–Crippen MR) is 102 cm³/mol. The first-order chi connectivity index (χ1) is 12.6. The zero-order chi connectivity index (χ0) is 18.7. The Bertz CT molecular complexity index is 945. The van der Waals surface area contributed by atoms with Gasteiger partial charge in [0.2, 0.25) is 0 Å². The van der Waals surface area contributed by atoms with Crippen molar-refractivity contribution < 1.29 is 0 Å². The zero-order valence-electron chi connectivity index (χ0n) is 15.2. The van der Waals surface area contributed by atoms with Crippen molar-refractivity contribution in [2.75, 3.05) is 5.01 Å². The van der Waals surface area contributed by atoms with Gasteiger partial charge in [-0.1, -0.05) is 38.1 Å². The molecule has 0 atom stereocenters. The van der Waals surface area contributed by atoms with Crippen LogP contribution in [0.5, 0.6) is 0 Å². The topological polar surface area (TPSA) is 89.9 Å². The highest BCUT2D eigenvalue weighted by atomic mass is 16.1. The lowest BCUT2D eigenvalue weighted by molar-refractivity contribution is 0.774. The predicted octanol–water partition coefficient (Wildman–Crippen LogP) is 2.47. The van der Waals surface area contributed by atoms with Crippen LogP contribution >= 0.6 is 0 Å². The van der Waals surface area contributed by atoms with Gasteiger partial charge in [-0.15, -0.1) is 0 Å². The van der Waals surface area contributed by atoms with E-state index in [0.29, 0.717) is 11.6 Å². The Morgan fingerprint density at radius 1 is 1.04 bits per heavy atom. The molecule has 7 heteroatoms. The van der Waals surface area contributed by atoms with E-state index >= 15 is 0 Å². The summed E-state index contributed by atoms with van der Waals surface area (Å²) in [6.07, 6.45) is 3.25. The number of aromatic nitrogens is 4. The number of rotatable bonds is 5. The lowest BCUT2D eigenvalue weighted by Gasteiger charge is -2.19. The van der Waals surface area contributed by atoms with Crippen LogP contribution in [0.25, 0.3) is 5.69 Å². The molecule has 2 heterocycles. The molecule has 0 radical (unpaired) electrons. The molecule has 0 aliphatic carbocycles. The fourth-order valence-corrected chi connectivity index (χ4v) is 2.96. The maximum Gasteiger partial charge on any atom is 0.356 e. The molecule has 134 valence electrons. The van der Waals surface area contributed by atoms with Crippen molar-refractivity contribution in [3.05, 3.63) is 70.0 Å². The van der Waals surface area contributed by atoms with Crippen LogP contribution in [0, 0.1) is 6.92 Å². The molecular weight excluding hydrogens is 328 g/mol. The van der Waals surface area contributed by atoms with Crippen molar-refractivity contribution in [1.29, 1.82) is 0 Å². The molecule has 3 aromatic rings. The van der Waals surface area contributed by atoms with Crippen LogP contribution in [0.3, 0.4) is 0 Å². The lowest BCUT2D eigenvalue weighted by Crippen LogP contribution is -2.34. The fraction of sp³-hybridized carbons (Fsp3) is 0.263. The van der Waals surface area contributed by atoms with E-state index < -0.39 is 5.69 Å². The highest BCUT2D eigenvalue weighted by molar-refractivity contribution is 5.51. The summed E-state index contributed by atoms with van der Waals surface area (Å²) in [6, 6.07) is 11.4. The van der Waals surface area contributed by atoms with E-state index in [4.69, 9.17) is 5.84 Å². The zero-order valence-corrected chi connectivity index (χ0v) is 15.2. The Hall–Kier alpha value is -3.06. The molecule has 2 aromatic heterocycles. The summed E-state index contributed by atoms with van der Waals surface area (Å²) in [7, 11) is 0. The molecular formula is C19H22N6O. The molecule has 0 fully saturated rings. The second kappa shape index (κ2) is 7.45. The molecule has 2 N–H and O–H groups in total. The van der Waals surface area contributed by atoms with Crippen molar-refractivity contribution in [1.82, 2.24) is 19.5 Å². The first-order valence-corrected chi connectivity index (χ1v) is 8.61. The molecule has 26 heavy (non-hydrogen) atoms. The maximum atomic E-state index is 12.8. The van der Waals surface area contributed by atoms with Crippen LogP contribution in [0.2, 0.25) is 0 Å². The first kappa shape index (κ1) is 17.8. The number of aryl methyl sites for hydroxylation is 3. The Balaban J connectivity index is 2.15. The quantitative estimate of drug-likeness (QED) is 0.561. The molecule has 0 saturated heterocycles. The third kappa shape index (κ3) is 3.21. The number of hydrogen-bond acceptors (Lipinski definition) is 6. The lowest BCUT2D eigenvalue weighted by atomic mass is 10.0. The van der Waals surface area contributed by atoms with Crippen LogP contribution in [0.4, 0.5) is 11.8 Å². The SMILES string of the molecule is CCc1cccc(CC)c1-n1c(C)nc(N(N)c2ccccn2)nc1=O.